The zero-order valence-corrected chi connectivity index (χ0v) is 9.65. The van der Waals surface area contributed by atoms with Crippen molar-refractivity contribution in [2.75, 3.05) is 6.61 Å². The fourth-order valence-electron chi connectivity index (χ4n) is 1.01. The molecule has 0 bridgehead atoms. The lowest BCUT2D eigenvalue weighted by atomic mass is 10.2. The van der Waals surface area contributed by atoms with Crippen molar-refractivity contribution in [3.05, 3.63) is 39.8 Å². The molecule has 1 rings (SSSR count). The van der Waals surface area contributed by atoms with Crippen molar-refractivity contribution in [2.24, 2.45) is 0 Å². The highest BCUT2D eigenvalue weighted by molar-refractivity contribution is 9.10. The van der Waals surface area contributed by atoms with Gasteiger partial charge in [0.25, 0.3) is 0 Å². The van der Waals surface area contributed by atoms with E-state index in [0.29, 0.717) is 11.6 Å². The summed E-state index contributed by atoms with van der Waals surface area (Å²) >= 11 is 9.34. The van der Waals surface area contributed by atoms with E-state index in [4.69, 9.17) is 16.3 Å². The largest absolute Gasteiger partial charge is 0.488 e. The van der Waals surface area contributed by atoms with Crippen LogP contribution in [0.4, 0.5) is 0 Å². The summed E-state index contributed by atoms with van der Waals surface area (Å²) in [7, 11) is 0. The van der Waals surface area contributed by atoms with Crippen LogP contribution in [0.3, 0.4) is 0 Å². The molecule has 0 heterocycles. The van der Waals surface area contributed by atoms with E-state index in [1.165, 1.54) is 0 Å². The Morgan fingerprint density at radius 1 is 1.62 bits per heavy atom. The van der Waals surface area contributed by atoms with E-state index in [0.717, 1.165) is 15.8 Å². The van der Waals surface area contributed by atoms with E-state index in [1.54, 1.807) is 6.08 Å². The van der Waals surface area contributed by atoms with Gasteiger partial charge >= 0.3 is 0 Å². The topological polar surface area (TPSA) is 9.23 Å². The van der Waals surface area contributed by atoms with E-state index in [1.807, 2.05) is 19.1 Å². The molecule has 0 saturated heterocycles. The van der Waals surface area contributed by atoms with Crippen LogP contribution in [0.5, 0.6) is 5.75 Å². The maximum Gasteiger partial charge on any atom is 0.141 e. The number of ether oxygens (including phenoxy) is 1. The molecule has 0 saturated carbocycles. The second-order valence-corrected chi connectivity index (χ2v) is 3.96. The van der Waals surface area contributed by atoms with Gasteiger partial charge in [-0.15, -0.1) is 0 Å². The molecule has 3 heteroatoms. The summed E-state index contributed by atoms with van der Waals surface area (Å²) in [5, 5.41) is 0.619. The smallest absolute Gasteiger partial charge is 0.141 e. The van der Waals surface area contributed by atoms with Crippen LogP contribution >= 0.6 is 27.5 Å². The minimum absolute atomic E-state index is 0.474. The molecule has 0 aliphatic heterocycles. The Morgan fingerprint density at radius 3 is 2.85 bits per heavy atom. The number of aryl methyl sites for hydroxylation is 1. The van der Waals surface area contributed by atoms with Crippen molar-refractivity contribution in [3.8, 4) is 5.75 Å². The first-order valence-corrected chi connectivity index (χ1v) is 5.01. The van der Waals surface area contributed by atoms with E-state index >= 15 is 0 Å². The highest BCUT2D eigenvalue weighted by Crippen LogP contribution is 2.31. The quantitative estimate of drug-likeness (QED) is 0.748. The molecular weight excluding hydrogens is 251 g/mol. The maximum atomic E-state index is 5.98. The molecule has 0 N–H and O–H groups in total. The van der Waals surface area contributed by atoms with E-state index in [-0.39, 0.29) is 0 Å². The average molecular weight is 262 g/mol. The third-order valence-corrected chi connectivity index (χ3v) is 2.28. The molecule has 0 unspecified atom stereocenters. The third kappa shape index (κ3) is 2.75. The molecule has 0 fully saturated rings. The van der Waals surface area contributed by atoms with E-state index < -0.39 is 0 Å². The van der Waals surface area contributed by atoms with Gasteiger partial charge in [-0.05, 0) is 24.6 Å². The molecule has 0 radical (unpaired) electrons. The lowest BCUT2D eigenvalue weighted by Gasteiger charge is -2.09. The number of rotatable bonds is 3. The fourth-order valence-corrected chi connectivity index (χ4v) is 2.04. The number of hydrogen-bond acceptors (Lipinski definition) is 1. The highest BCUT2D eigenvalue weighted by Gasteiger charge is 2.05. The Labute approximate surface area is 91.5 Å². The number of halogens is 2. The van der Waals surface area contributed by atoms with Crippen molar-refractivity contribution in [2.45, 2.75) is 6.92 Å². The van der Waals surface area contributed by atoms with Crippen molar-refractivity contribution in [1.82, 2.24) is 0 Å². The van der Waals surface area contributed by atoms with Crippen LogP contribution in [0, 0.1) is 6.92 Å². The minimum Gasteiger partial charge on any atom is -0.488 e. The molecule has 0 aromatic heterocycles. The van der Waals surface area contributed by atoms with Crippen molar-refractivity contribution >= 4 is 27.5 Å². The lowest BCUT2D eigenvalue weighted by molar-refractivity contribution is 0.361. The van der Waals surface area contributed by atoms with Gasteiger partial charge in [0.1, 0.15) is 12.4 Å². The van der Waals surface area contributed by atoms with Gasteiger partial charge < -0.3 is 4.74 Å². The standard InChI is InChI=1S/C10H10BrClO/c1-3-4-13-10-7(2)5-8(11)6-9(10)12/h3,5-6H,1,4H2,2H3. The molecule has 0 amide bonds. The Hall–Kier alpha value is -0.470. The third-order valence-electron chi connectivity index (χ3n) is 1.54. The molecule has 0 atom stereocenters. The first-order chi connectivity index (χ1) is 6.15. The summed E-state index contributed by atoms with van der Waals surface area (Å²) in [4.78, 5) is 0. The van der Waals surface area contributed by atoms with Crippen LogP contribution in [-0.2, 0) is 0 Å². The monoisotopic (exact) mass is 260 g/mol. The second-order valence-electron chi connectivity index (χ2n) is 2.63. The maximum absolute atomic E-state index is 5.98. The first-order valence-electron chi connectivity index (χ1n) is 3.84. The molecule has 1 aromatic carbocycles. The Morgan fingerprint density at radius 2 is 2.31 bits per heavy atom. The van der Waals surface area contributed by atoms with Crippen LogP contribution < -0.4 is 4.74 Å². The van der Waals surface area contributed by atoms with Gasteiger partial charge in [0, 0.05) is 4.47 Å². The first kappa shape index (κ1) is 10.6. The molecule has 70 valence electrons. The van der Waals surface area contributed by atoms with Crippen molar-refractivity contribution in [1.29, 1.82) is 0 Å². The summed E-state index contributed by atoms with van der Waals surface area (Å²) in [6.45, 7) is 6.00. The van der Waals surface area contributed by atoms with Crippen LogP contribution in [0.1, 0.15) is 5.56 Å². The van der Waals surface area contributed by atoms with Crippen LogP contribution in [-0.4, -0.2) is 6.61 Å². The number of hydrogen-bond donors (Lipinski definition) is 0. The molecule has 0 aliphatic carbocycles. The fraction of sp³-hybridized carbons (Fsp3) is 0.200. The summed E-state index contributed by atoms with van der Waals surface area (Å²) < 4.78 is 6.36. The molecule has 13 heavy (non-hydrogen) atoms. The van der Waals surface area contributed by atoms with Gasteiger partial charge in [-0.25, -0.2) is 0 Å². The molecular formula is C10H10BrClO. The summed E-state index contributed by atoms with van der Waals surface area (Å²) in [5.41, 5.74) is 1.02. The summed E-state index contributed by atoms with van der Waals surface area (Å²) in [6.07, 6.45) is 1.69. The zero-order chi connectivity index (χ0) is 9.84. The Bertz CT molecular complexity index is 300. The Balaban J connectivity index is 2.98. The minimum atomic E-state index is 0.474. The van der Waals surface area contributed by atoms with Crippen molar-refractivity contribution in [3.63, 3.8) is 0 Å². The van der Waals surface area contributed by atoms with Crippen LogP contribution in [0.2, 0.25) is 5.02 Å². The van der Waals surface area contributed by atoms with Gasteiger partial charge in [0.05, 0.1) is 5.02 Å². The average Bonchev–Trinajstić information content (AvgIpc) is 2.02. The van der Waals surface area contributed by atoms with Crippen LogP contribution in [0.25, 0.3) is 0 Å². The van der Waals surface area contributed by atoms with E-state index in [2.05, 4.69) is 22.5 Å². The van der Waals surface area contributed by atoms with Gasteiger partial charge in [-0.1, -0.05) is 40.2 Å². The molecule has 1 aromatic rings. The predicted molar refractivity (Wildman–Crippen MR) is 59.6 cm³/mol. The van der Waals surface area contributed by atoms with Crippen molar-refractivity contribution < 1.29 is 4.74 Å². The van der Waals surface area contributed by atoms with Crippen LogP contribution in [0.15, 0.2) is 29.3 Å². The normalized spacial score (nSPS) is 9.77. The van der Waals surface area contributed by atoms with Gasteiger partial charge in [0.15, 0.2) is 0 Å². The predicted octanol–water partition coefficient (Wildman–Crippen LogP) is 3.98. The second kappa shape index (κ2) is 4.68. The Kier molecular flexibility index (Phi) is 3.82. The summed E-state index contributed by atoms with van der Waals surface area (Å²) in [6, 6.07) is 3.78. The number of benzene rings is 1. The van der Waals surface area contributed by atoms with E-state index in [9.17, 15) is 0 Å². The van der Waals surface area contributed by atoms with Gasteiger partial charge in [-0.2, -0.15) is 0 Å². The highest BCUT2D eigenvalue weighted by atomic mass is 79.9. The molecule has 0 spiro atoms. The zero-order valence-electron chi connectivity index (χ0n) is 7.31. The summed E-state index contributed by atoms with van der Waals surface area (Å²) in [5.74, 6) is 0.727. The lowest BCUT2D eigenvalue weighted by Crippen LogP contribution is -1.95. The molecule has 1 nitrogen and oxygen atoms in total. The SMILES string of the molecule is C=CCOc1c(C)cc(Br)cc1Cl. The van der Waals surface area contributed by atoms with Gasteiger partial charge in [0.2, 0.25) is 0 Å². The molecule has 0 aliphatic rings. The van der Waals surface area contributed by atoms with Gasteiger partial charge in [-0.3, -0.25) is 0 Å².